The Labute approximate surface area is 119 Å². The molecule has 0 aliphatic rings. The van der Waals surface area contributed by atoms with Gasteiger partial charge in [-0.15, -0.1) is 0 Å². The first-order valence-electron chi connectivity index (χ1n) is 6.94. The van der Waals surface area contributed by atoms with Gasteiger partial charge in [-0.3, -0.25) is 4.68 Å². The number of fused-ring (bicyclic) bond motifs is 1. The second-order valence-corrected chi connectivity index (χ2v) is 6.80. The molecule has 1 unspecified atom stereocenters. The fourth-order valence-corrected chi connectivity index (χ4v) is 3.55. The summed E-state index contributed by atoms with van der Waals surface area (Å²) in [5, 5.41) is 10.1. The van der Waals surface area contributed by atoms with Gasteiger partial charge in [0, 0.05) is 11.9 Å². The summed E-state index contributed by atoms with van der Waals surface area (Å²) in [5.41, 5.74) is 1.72. The maximum atomic E-state index is 11.8. The third-order valence-corrected chi connectivity index (χ3v) is 4.72. The monoisotopic (exact) mass is 295 g/mol. The highest BCUT2D eigenvalue weighted by molar-refractivity contribution is 7.89. The molecule has 0 amide bonds. The van der Waals surface area contributed by atoms with Crippen LogP contribution in [0.5, 0.6) is 0 Å². The molecule has 5 nitrogen and oxygen atoms in total. The molecule has 0 radical (unpaired) electrons. The molecule has 0 bridgehead atoms. The highest BCUT2D eigenvalue weighted by Gasteiger charge is 2.23. The van der Waals surface area contributed by atoms with Crippen LogP contribution in [0.2, 0.25) is 0 Å². The first kappa shape index (κ1) is 15.0. The van der Waals surface area contributed by atoms with Gasteiger partial charge in [-0.05, 0) is 24.5 Å². The van der Waals surface area contributed by atoms with E-state index in [1.807, 2.05) is 29.8 Å². The predicted octanol–water partition coefficient (Wildman–Crippen LogP) is 2.58. The number of nitrogens with two attached hydrogens (primary N) is 1. The normalized spacial score (nSPS) is 13.8. The van der Waals surface area contributed by atoms with Crippen LogP contribution < -0.4 is 5.14 Å². The molecule has 0 aliphatic heterocycles. The van der Waals surface area contributed by atoms with Gasteiger partial charge in [-0.25, -0.2) is 13.6 Å². The molecule has 6 heteroatoms. The van der Waals surface area contributed by atoms with Gasteiger partial charge in [0.15, 0.2) is 0 Å². The summed E-state index contributed by atoms with van der Waals surface area (Å²) < 4.78 is 25.4. The second kappa shape index (κ2) is 5.93. The van der Waals surface area contributed by atoms with E-state index in [0.717, 1.165) is 35.9 Å². The average molecular weight is 295 g/mol. The fraction of sp³-hybridized carbons (Fsp3) is 0.500. The molecule has 2 rings (SSSR count). The summed E-state index contributed by atoms with van der Waals surface area (Å²) in [4.78, 5) is 0. The van der Waals surface area contributed by atoms with Crippen LogP contribution >= 0.6 is 0 Å². The summed E-state index contributed by atoms with van der Waals surface area (Å²) in [6.45, 7) is 4.86. The Morgan fingerprint density at radius 2 is 2.05 bits per heavy atom. The van der Waals surface area contributed by atoms with E-state index in [0.29, 0.717) is 6.42 Å². The smallest absolute Gasteiger partial charge is 0.216 e. The molecule has 1 aromatic carbocycles. The molecule has 2 aromatic rings. The van der Waals surface area contributed by atoms with Gasteiger partial charge >= 0.3 is 0 Å². The number of hydrogen-bond acceptors (Lipinski definition) is 3. The van der Waals surface area contributed by atoms with Gasteiger partial charge in [0.05, 0.1) is 11.7 Å². The van der Waals surface area contributed by atoms with Gasteiger partial charge in [-0.2, -0.15) is 5.10 Å². The maximum Gasteiger partial charge on any atom is 0.216 e. The third-order valence-electron chi connectivity index (χ3n) is 3.42. The lowest BCUT2D eigenvalue weighted by Gasteiger charge is -2.14. The lowest BCUT2D eigenvalue weighted by Crippen LogP contribution is -2.21. The number of hydrogen-bond donors (Lipinski definition) is 1. The van der Waals surface area contributed by atoms with Crippen LogP contribution in [0.3, 0.4) is 0 Å². The standard InChI is InChI=1S/C14H21N3O2S/c1-3-5-14(20(15,18)19)11-6-7-12-10-16-17(8-4-2)13(12)9-11/h6-7,9-10,14H,3-5,8H2,1-2H3,(H2,15,18,19). The van der Waals surface area contributed by atoms with Crippen LogP contribution in [-0.4, -0.2) is 18.2 Å². The van der Waals surface area contributed by atoms with E-state index in [1.54, 1.807) is 6.20 Å². The van der Waals surface area contributed by atoms with E-state index in [2.05, 4.69) is 12.0 Å². The first-order valence-corrected chi connectivity index (χ1v) is 8.55. The summed E-state index contributed by atoms with van der Waals surface area (Å²) in [5.74, 6) is 0. The largest absolute Gasteiger partial charge is 0.265 e. The zero-order valence-electron chi connectivity index (χ0n) is 11.9. The molecule has 0 aliphatic carbocycles. The van der Waals surface area contributed by atoms with Crippen molar-refractivity contribution in [3.05, 3.63) is 30.0 Å². The van der Waals surface area contributed by atoms with E-state index in [-0.39, 0.29) is 0 Å². The molecule has 2 N–H and O–H groups in total. The average Bonchev–Trinajstić information content (AvgIpc) is 2.78. The van der Waals surface area contributed by atoms with Crippen molar-refractivity contribution >= 4 is 20.9 Å². The number of rotatable bonds is 6. The summed E-state index contributed by atoms with van der Waals surface area (Å²) in [6.07, 6.45) is 4.09. The zero-order chi connectivity index (χ0) is 14.8. The lowest BCUT2D eigenvalue weighted by atomic mass is 10.1. The lowest BCUT2D eigenvalue weighted by molar-refractivity contribution is 0.575. The Hall–Kier alpha value is -1.40. The van der Waals surface area contributed by atoms with E-state index in [4.69, 9.17) is 5.14 Å². The number of benzene rings is 1. The number of nitrogens with zero attached hydrogens (tertiary/aromatic N) is 2. The minimum atomic E-state index is -3.59. The van der Waals surface area contributed by atoms with Gasteiger partial charge in [0.2, 0.25) is 10.0 Å². The van der Waals surface area contributed by atoms with E-state index < -0.39 is 15.3 Å². The van der Waals surface area contributed by atoms with Crippen LogP contribution in [0, 0.1) is 0 Å². The molecule has 0 saturated carbocycles. The Balaban J connectivity index is 2.50. The van der Waals surface area contributed by atoms with Crippen LogP contribution in [0.25, 0.3) is 10.9 Å². The molecule has 1 heterocycles. The van der Waals surface area contributed by atoms with Gasteiger partial charge < -0.3 is 0 Å². The quantitative estimate of drug-likeness (QED) is 0.889. The highest BCUT2D eigenvalue weighted by Crippen LogP contribution is 2.28. The number of primary sulfonamides is 1. The van der Waals surface area contributed by atoms with Crippen LogP contribution in [0.1, 0.15) is 43.9 Å². The van der Waals surface area contributed by atoms with Gasteiger partial charge in [-0.1, -0.05) is 32.4 Å². The summed E-state index contributed by atoms with van der Waals surface area (Å²) >= 11 is 0. The van der Waals surface area contributed by atoms with Gasteiger partial charge in [0.1, 0.15) is 5.25 Å². The Bertz CT molecular complexity index is 692. The molecule has 0 spiro atoms. The second-order valence-electron chi connectivity index (χ2n) is 5.05. The van der Waals surface area contributed by atoms with E-state index in [1.165, 1.54) is 0 Å². The molecule has 1 atom stereocenters. The van der Waals surface area contributed by atoms with Crippen molar-refractivity contribution in [2.45, 2.75) is 44.9 Å². The van der Waals surface area contributed by atoms with E-state index >= 15 is 0 Å². The molecule has 0 fully saturated rings. The third kappa shape index (κ3) is 3.02. The van der Waals surface area contributed by atoms with Gasteiger partial charge in [0.25, 0.3) is 0 Å². The zero-order valence-corrected chi connectivity index (χ0v) is 12.7. The van der Waals surface area contributed by atoms with Crippen molar-refractivity contribution in [1.29, 1.82) is 0 Å². The number of sulfonamides is 1. The van der Waals surface area contributed by atoms with Crippen molar-refractivity contribution in [3.8, 4) is 0 Å². The maximum absolute atomic E-state index is 11.8. The van der Waals surface area contributed by atoms with Crippen molar-refractivity contribution < 1.29 is 8.42 Å². The van der Waals surface area contributed by atoms with Crippen molar-refractivity contribution in [3.63, 3.8) is 0 Å². The highest BCUT2D eigenvalue weighted by atomic mass is 32.2. The first-order chi connectivity index (χ1) is 9.47. The molecule has 20 heavy (non-hydrogen) atoms. The Kier molecular flexibility index (Phi) is 4.45. The topological polar surface area (TPSA) is 78.0 Å². The Morgan fingerprint density at radius 3 is 2.65 bits per heavy atom. The van der Waals surface area contributed by atoms with Crippen LogP contribution in [-0.2, 0) is 16.6 Å². The minimum absolute atomic E-state index is 0.534. The van der Waals surface area contributed by atoms with Crippen molar-refractivity contribution in [2.24, 2.45) is 5.14 Å². The number of aryl methyl sites for hydroxylation is 1. The van der Waals surface area contributed by atoms with Crippen molar-refractivity contribution in [1.82, 2.24) is 9.78 Å². The molecule has 110 valence electrons. The van der Waals surface area contributed by atoms with E-state index in [9.17, 15) is 8.42 Å². The SMILES string of the molecule is CCCC(c1ccc2cnn(CCC)c2c1)S(N)(=O)=O. The summed E-state index contributed by atoms with van der Waals surface area (Å²) in [6, 6.07) is 5.66. The molecule has 0 saturated heterocycles. The fourth-order valence-electron chi connectivity index (χ4n) is 2.46. The summed E-state index contributed by atoms with van der Waals surface area (Å²) in [7, 11) is -3.59. The minimum Gasteiger partial charge on any atom is -0.265 e. The molecular formula is C14H21N3O2S. The van der Waals surface area contributed by atoms with Crippen LogP contribution in [0.15, 0.2) is 24.4 Å². The predicted molar refractivity (Wildman–Crippen MR) is 80.8 cm³/mol. The molecule has 1 aromatic heterocycles. The van der Waals surface area contributed by atoms with Crippen LogP contribution in [0.4, 0.5) is 0 Å². The Morgan fingerprint density at radius 1 is 1.30 bits per heavy atom. The van der Waals surface area contributed by atoms with Crippen molar-refractivity contribution in [2.75, 3.05) is 0 Å². The molecular weight excluding hydrogens is 274 g/mol. The number of aromatic nitrogens is 2.